The SMILES string of the molecule is CCCCCCCCNC1=N[C@@H]([C@H]2O[C@@H]3OC(C)(C)O[C@@H]3[C@H]2OC(C)=O)CO1. The first-order chi connectivity index (χ1) is 13.4. The fourth-order valence-corrected chi connectivity index (χ4v) is 3.89. The zero-order valence-corrected chi connectivity index (χ0v) is 17.4. The Morgan fingerprint density at radius 3 is 2.68 bits per heavy atom. The minimum Gasteiger partial charge on any atom is -0.463 e. The van der Waals surface area contributed by atoms with Crippen molar-refractivity contribution in [1.29, 1.82) is 0 Å². The lowest BCUT2D eigenvalue weighted by atomic mass is 10.0. The minimum absolute atomic E-state index is 0.266. The number of carbonyl (C=O) groups excluding carboxylic acids is 1. The minimum atomic E-state index is -0.766. The summed E-state index contributed by atoms with van der Waals surface area (Å²) in [4.78, 5) is 16.2. The largest absolute Gasteiger partial charge is 0.463 e. The number of esters is 1. The summed E-state index contributed by atoms with van der Waals surface area (Å²) >= 11 is 0. The third-order valence-electron chi connectivity index (χ3n) is 5.19. The predicted molar refractivity (Wildman–Crippen MR) is 103 cm³/mol. The van der Waals surface area contributed by atoms with Crippen LogP contribution >= 0.6 is 0 Å². The van der Waals surface area contributed by atoms with Crippen molar-refractivity contribution in [2.45, 2.75) is 103 Å². The summed E-state index contributed by atoms with van der Waals surface area (Å²) in [5, 5.41) is 3.25. The Kier molecular flexibility index (Phi) is 7.17. The molecular formula is C20H34N2O6. The molecule has 0 amide bonds. The van der Waals surface area contributed by atoms with Crippen LogP contribution in [-0.4, -0.2) is 61.6 Å². The zero-order chi connectivity index (χ0) is 20.1. The number of unbranched alkanes of at least 4 members (excludes halogenated alkanes) is 5. The van der Waals surface area contributed by atoms with Crippen molar-refractivity contribution in [2.24, 2.45) is 4.99 Å². The average molecular weight is 399 g/mol. The van der Waals surface area contributed by atoms with Crippen LogP contribution in [0.3, 0.4) is 0 Å². The molecule has 0 spiro atoms. The number of carbonyl (C=O) groups is 1. The van der Waals surface area contributed by atoms with Crippen molar-refractivity contribution in [2.75, 3.05) is 13.2 Å². The van der Waals surface area contributed by atoms with Crippen molar-refractivity contribution in [1.82, 2.24) is 5.32 Å². The Hall–Kier alpha value is -1.38. The van der Waals surface area contributed by atoms with Crippen LogP contribution in [0.25, 0.3) is 0 Å². The molecule has 0 aromatic heterocycles. The van der Waals surface area contributed by atoms with Crippen LogP contribution in [-0.2, 0) is 28.5 Å². The summed E-state index contributed by atoms with van der Waals surface area (Å²) in [6.45, 7) is 8.45. The molecule has 8 heteroatoms. The summed E-state index contributed by atoms with van der Waals surface area (Å²) in [6.07, 6.45) is 5.38. The predicted octanol–water partition coefficient (Wildman–Crippen LogP) is 2.50. The lowest BCUT2D eigenvalue weighted by molar-refractivity contribution is -0.220. The van der Waals surface area contributed by atoms with Crippen molar-refractivity contribution in [3.8, 4) is 0 Å². The number of nitrogens with one attached hydrogen (secondary N) is 1. The first kappa shape index (κ1) is 21.3. The van der Waals surface area contributed by atoms with Crippen LogP contribution in [0.15, 0.2) is 4.99 Å². The van der Waals surface area contributed by atoms with Crippen LogP contribution in [0.2, 0.25) is 0 Å². The van der Waals surface area contributed by atoms with Gasteiger partial charge in [0.15, 0.2) is 24.3 Å². The lowest BCUT2D eigenvalue weighted by Crippen LogP contribution is -2.43. The van der Waals surface area contributed by atoms with Gasteiger partial charge in [0.2, 0.25) is 0 Å². The topological polar surface area (TPSA) is 87.6 Å². The molecule has 2 saturated heterocycles. The number of ether oxygens (including phenoxy) is 5. The molecule has 28 heavy (non-hydrogen) atoms. The molecule has 2 fully saturated rings. The molecular weight excluding hydrogens is 364 g/mol. The first-order valence-electron chi connectivity index (χ1n) is 10.5. The molecule has 0 aliphatic carbocycles. The van der Waals surface area contributed by atoms with Gasteiger partial charge in [0.05, 0.1) is 0 Å². The van der Waals surface area contributed by atoms with Crippen LogP contribution in [0.5, 0.6) is 0 Å². The molecule has 0 aromatic carbocycles. The summed E-state index contributed by atoms with van der Waals surface area (Å²) in [5.41, 5.74) is 0. The summed E-state index contributed by atoms with van der Waals surface area (Å²) in [5.74, 6) is -1.14. The number of rotatable bonds is 9. The Morgan fingerprint density at radius 1 is 1.18 bits per heavy atom. The van der Waals surface area contributed by atoms with E-state index in [0.717, 1.165) is 13.0 Å². The smallest absolute Gasteiger partial charge is 0.303 e. The van der Waals surface area contributed by atoms with E-state index in [1.54, 1.807) is 0 Å². The first-order valence-corrected chi connectivity index (χ1v) is 10.5. The molecule has 1 N–H and O–H groups in total. The second-order valence-electron chi connectivity index (χ2n) is 8.15. The zero-order valence-electron chi connectivity index (χ0n) is 17.4. The van der Waals surface area contributed by atoms with Crippen LogP contribution in [0, 0.1) is 0 Å². The van der Waals surface area contributed by atoms with Crippen molar-refractivity contribution in [3.63, 3.8) is 0 Å². The van der Waals surface area contributed by atoms with E-state index in [1.807, 2.05) is 13.8 Å². The Morgan fingerprint density at radius 2 is 1.93 bits per heavy atom. The highest BCUT2D eigenvalue weighted by molar-refractivity contribution is 5.75. The molecule has 0 unspecified atom stereocenters. The highest BCUT2D eigenvalue weighted by Crippen LogP contribution is 2.40. The highest BCUT2D eigenvalue weighted by Gasteiger charge is 2.58. The van der Waals surface area contributed by atoms with E-state index in [1.165, 1.54) is 39.0 Å². The van der Waals surface area contributed by atoms with Gasteiger partial charge < -0.3 is 29.0 Å². The Balaban J connectivity index is 1.49. The van der Waals surface area contributed by atoms with E-state index in [2.05, 4.69) is 17.2 Å². The van der Waals surface area contributed by atoms with Crippen LogP contribution in [0.4, 0.5) is 0 Å². The van der Waals surface area contributed by atoms with E-state index in [9.17, 15) is 4.79 Å². The van der Waals surface area contributed by atoms with E-state index in [4.69, 9.17) is 23.7 Å². The van der Waals surface area contributed by atoms with E-state index < -0.39 is 30.4 Å². The maximum Gasteiger partial charge on any atom is 0.303 e. The maximum absolute atomic E-state index is 11.6. The Bertz CT molecular complexity index is 567. The highest BCUT2D eigenvalue weighted by atomic mass is 16.8. The quantitative estimate of drug-likeness (QED) is 0.472. The monoisotopic (exact) mass is 398 g/mol. The molecule has 0 radical (unpaired) electrons. The maximum atomic E-state index is 11.6. The molecule has 3 rings (SSSR count). The molecule has 5 atom stereocenters. The standard InChI is InChI=1S/C20H34N2O6/c1-5-6-7-8-9-10-11-21-19-22-14(12-24-19)15-16(25-13(2)23)17-18(26-15)28-20(3,4)27-17/h14-18H,5-12H2,1-4H3,(H,21,22)/t14-,15-,16+,17-,18-/m1/s1. The average Bonchev–Trinajstić information content (AvgIpc) is 3.28. The molecule has 0 saturated carbocycles. The van der Waals surface area contributed by atoms with Gasteiger partial charge in [0.25, 0.3) is 6.02 Å². The van der Waals surface area contributed by atoms with E-state index in [-0.39, 0.29) is 12.0 Å². The molecule has 3 aliphatic rings. The fraction of sp³-hybridized carbons (Fsp3) is 0.900. The van der Waals surface area contributed by atoms with Gasteiger partial charge in [-0.15, -0.1) is 0 Å². The van der Waals surface area contributed by atoms with E-state index >= 15 is 0 Å². The van der Waals surface area contributed by atoms with Gasteiger partial charge in [-0.2, -0.15) is 0 Å². The third kappa shape index (κ3) is 5.36. The lowest BCUT2D eigenvalue weighted by Gasteiger charge is -2.26. The van der Waals surface area contributed by atoms with E-state index in [0.29, 0.717) is 12.6 Å². The summed E-state index contributed by atoms with van der Waals surface area (Å²) < 4.78 is 28.9. The second kappa shape index (κ2) is 9.41. The number of amidine groups is 1. The number of fused-ring (bicyclic) bond motifs is 1. The number of hydrogen-bond acceptors (Lipinski definition) is 8. The number of aliphatic imine (C=N–C) groups is 1. The van der Waals surface area contributed by atoms with Crippen molar-refractivity contribution < 1.29 is 28.5 Å². The van der Waals surface area contributed by atoms with Gasteiger partial charge in [0, 0.05) is 13.5 Å². The van der Waals surface area contributed by atoms with Gasteiger partial charge in [-0.3, -0.25) is 4.79 Å². The summed E-state index contributed by atoms with van der Waals surface area (Å²) in [7, 11) is 0. The molecule has 8 nitrogen and oxygen atoms in total. The normalized spacial score (nSPS) is 33.3. The Labute approximate surface area is 167 Å². The molecule has 0 aromatic rings. The fourth-order valence-electron chi connectivity index (χ4n) is 3.89. The molecule has 3 heterocycles. The van der Waals surface area contributed by atoms with Gasteiger partial charge in [-0.25, -0.2) is 4.99 Å². The number of nitrogens with zero attached hydrogens (tertiary/aromatic N) is 1. The molecule has 160 valence electrons. The van der Waals surface area contributed by atoms with Gasteiger partial charge in [-0.05, 0) is 20.3 Å². The van der Waals surface area contributed by atoms with Crippen LogP contribution in [0.1, 0.15) is 66.2 Å². The molecule has 3 aliphatic heterocycles. The number of hydrogen-bond donors (Lipinski definition) is 1. The van der Waals surface area contributed by atoms with Crippen molar-refractivity contribution >= 4 is 12.0 Å². The third-order valence-corrected chi connectivity index (χ3v) is 5.19. The van der Waals surface area contributed by atoms with Crippen LogP contribution < -0.4 is 5.32 Å². The van der Waals surface area contributed by atoms with Gasteiger partial charge >= 0.3 is 5.97 Å². The molecule has 0 bridgehead atoms. The van der Waals surface area contributed by atoms with Gasteiger partial charge in [-0.1, -0.05) is 39.0 Å². The summed E-state index contributed by atoms with van der Waals surface area (Å²) in [6, 6.07) is 0.264. The van der Waals surface area contributed by atoms with Gasteiger partial charge in [0.1, 0.15) is 18.8 Å². The van der Waals surface area contributed by atoms with Crippen molar-refractivity contribution in [3.05, 3.63) is 0 Å². The second-order valence-corrected chi connectivity index (χ2v) is 8.15.